The normalized spacial score (nSPS) is 12.5. The Hall–Kier alpha value is -2.14. The average molecular weight is 287 g/mol. The van der Waals surface area contributed by atoms with Crippen molar-refractivity contribution >= 4 is 5.97 Å². The molecule has 0 amide bonds. The van der Waals surface area contributed by atoms with Crippen molar-refractivity contribution in [3.8, 4) is 5.69 Å². The maximum atomic E-state index is 11.2. The van der Waals surface area contributed by atoms with Crippen LogP contribution in [0.3, 0.4) is 0 Å². The lowest BCUT2D eigenvalue weighted by Crippen LogP contribution is -2.37. The molecule has 5 heteroatoms. The van der Waals surface area contributed by atoms with Crippen LogP contribution in [0.15, 0.2) is 42.7 Å². The Kier molecular flexibility index (Phi) is 5.11. The van der Waals surface area contributed by atoms with Gasteiger partial charge in [0.25, 0.3) is 0 Å². The Morgan fingerprint density at radius 1 is 1.33 bits per heavy atom. The molecule has 2 N–H and O–H groups in total. The summed E-state index contributed by atoms with van der Waals surface area (Å²) in [5, 5.41) is 16.6. The molecule has 0 radical (unpaired) electrons. The summed E-state index contributed by atoms with van der Waals surface area (Å²) < 4.78 is 1.79. The van der Waals surface area contributed by atoms with Gasteiger partial charge in [-0.1, -0.05) is 32.0 Å². The molecule has 1 aromatic heterocycles. The molecule has 1 atom stereocenters. The van der Waals surface area contributed by atoms with Crippen LogP contribution in [0.5, 0.6) is 0 Å². The number of hydrogen-bond donors (Lipinski definition) is 2. The van der Waals surface area contributed by atoms with Crippen LogP contribution >= 0.6 is 0 Å². The van der Waals surface area contributed by atoms with Crippen LogP contribution in [-0.2, 0) is 11.3 Å². The van der Waals surface area contributed by atoms with E-state index in [0.29, 0.717) is 18.9 Å². The molecule has 0 saturated heterocycles. The molecule has 112 valence electrons. The fourth-order valence-corrected chi connectivity index (χ4v) is 2.16. The van der Waals surface area contributed by atoms with Crippen molar-refractivity contribution in [1.29, 1.82) is 0 Å². The van der Waals surface area contributed by atoms with Gasteiger partial charge in [-0.2, -0.15) is 5.10 Å². The van der Waals surface area contributed by atoms with E-state index in [4.69, 9.17) is 0 Å². The molecule has 2 aromatic rings. The highest BCUT2D eigenvalue weighted by molar-refractivity contribution is 5.73. The van der Waals surface area contributed by atoms with Crippen LogP contribution in [0.2, 0.25) is 0 Å². The number of carboxylic acid groups (broad SMARTS) is 1. The van der Waals surface area contributed by atoms with E-state index < -0.39 is 12.0 Å². The molecule has 0 aliphatic carbocycles. The third-order valence-corrected chi connectivity index (χ3v) is 3.21. The Labute approximate surface area is 124 Å². The number of nitrogens with zero attached hydrogens (tertiary/aromatic N) is 2. The molecular formula is C16H21N3O2. The maximum Gasteiger partial charge on any atom is 0.320 e. The molecule has 0 aliphatic rings. The number of hydrogen-bond acceptors (Lipinski definition) is 3. The lowest BCUT2D eigenvalue weighted by atomic mass is 10.0. The number of rotatable bonds is 7. The molecule has 0 spiro atoms. The topological polar surface area (TPSA) is 67.2 Å². The van der Waals surface area contributed by atoms with Crippen molar-refractivity contribution in [1.82, 2.24) is 15.1 Å². The van der Waals surface area contributed by atoms with E-state index >= 15 is 0 Å². The van der Waals surface area contributed by atoms with Gasteiger partial charge < -0.3 is 10.4 Å². The van der Waals surface area contributed by atoms with E-state index in [1.807, 2.05) is 50.4 Å². The summed E-state index contributed by atoms with van der Waals surface area (Å²) in [6, 6.07) is 9.30. The van der Waals surface area contributed by atoms with Crippen molar-refractivity contribution in [3.63, 3.8) is 0 Å². The van der Waals surface area contributed by atoms with Crippen molar-refractivity contribution < 1.29 is 9.90 Å². The summed E-state index contributed by atoms with van der Waals surface area (Å²) in [7, 11) is 0. The van der Waals surface area contributed by atoms with Gasteiger partial charge in [0.15, 0.2) is 0 Å². The lowest BCUT2D eigenvalue weighted by Gasteiger charge is -2.15. The zero-order valence-electron chi connectivity index (χ0n) is 12.4. The minimum atomic E-state index is -0.806. The summed E-state index contributed by atoms with van der Waals surface area (Å²) in [5.74, 6) is -0.468. The second-order valence-electron chi connectivity index (χ2n) is 5.53. The van der Waals surface area contributed by atoms with Gasteiger partial charge in [-0.15, -0.1) is 0 Å². The van der Waals surface area contributed by atoms with Gasteiger partial charge in [0.2, 0.25) is 0 Å². The average Bonchev–Trinajstić information content (AvgIpc) is 2.92. The lowest BCUT2D eigenvalue weighted by molar-refractivity contribution is -0.140. The summed E-state index contributed by atoms with van der Waals surface area (Å²) in [6.07, 6.45) is 4.28. The highest BCUT2D eigenvalue weighted by atomic mass is 16.4. The van der Waals surface area contributed by atoms with Gasteiger partial charge in [0, 0.05) is 18.3 Å². The van der Waals surface area contributed by atoms with Crippen LogP contribution in [0.25, 0.3) is 5.69 Å². The van der Waals surface area contributed by atoms with E-state index in [9.17, 15) is 9.90 Å². The van der Waals surface area contributed by atoms with Gasteiger partial charge in [-0.3, -0.25) is 4.79 Å². The molecule has 1 unspecified atom stereocenters. The van der Waals surface area contributed by atoms with E-state index in [1.54, 1.807) is 10.9 Å². The van der Waals surface area contributed by atoms with Crippen LogP contribution in [-0.4, -0.2) is 26.9 Å². The Morgan fingerprint density at radius 3 is 2.67 bits per heavy atom. The smallest absolute Gasteiger partial charge is 0.320 e. The second-order valence-corrected chi connectivity index (χ2v) is 5.53. The first kappa shape index (κ1) is 15.3. The third-order valence-electron chi connectivity index (χ3n) is 3.21. The molecule has 0 aliphatic heterocycles. The van der Waals surface area contributed by atoms with Crippen LogP contribution in [0.4, 0.5) is 0 Å². The van der Waals surface area contributed by atoms with E-state index in [0.717, 1.165) is 11.3 Å². The van der Waals surface area contributed by atoms with Gasteiger partial charge in [0.1, 0.15) is 6.04 Å². The molecule has 21 heavy (non-hydrogen) atoms. The minimum absolute atomic E-state index is 0.339. The largest absolute Gasteiger partial charge is 0.480 e. The van der Waals surface area contributed by atoms with Gasteiger partial charge in [-0.25, -0.2) is 4.68 Å². The van der Waals surface area contributed by atoms with Crippen molar-refractivity contribution in [2.75, 3.05) is 0 Å². The van der Waals surface area contributed by atoms with E-state index in [-0.39, 0.29) is 0 Å². The highest BCUT2D eigenvalue weighted by Crippen LogP contribution is 2.09. The first-order valence-electron chi connectivity index (χ1n) is 7.11. The summed E-state index contributed by atoms with van der Waals surface area (Å²) in [6.45, 7) is 4.53. The minimum Gasteiger partial charge on any atom is -0.480 e. The fourth-order valence-electron chi connectivity index (χ4n) is 2.16. The van der Waals surface area contributed by atoms with Crippen molar-refractivity contribution in [2.45, 2.75) is 32.9 Å². The monoisotopic (exact) mass is 287 g/mol. The number of carboxylic acids is 1. The molecule has 1 heterocycles. The highest BCUT2D eigenvalue weighted by Gasteiger charge is 2.18. The Morgan fingerprint density at radius 2 is 2.05 bits per heavy atom. The summed E-state index contributed by atoms with van der Waals surface area (Å²) in [4.78, 5) is 11.2. The van der Waals surface area contributed by atoms with E-state index in [1.165, 1.54) is 0 Å². The predicted molar refractivity (Wildman–Crippen MR) is 81.3 cm³/mol. The predicted octanol–water partition coefficient (Wildman–Crippen LogP) is 2.46. The molecular weight excluding hydrogens is 266 g/mol. The first-order chi connectivity index (χ1) is 10.1. The van der Waals surface area contributed by atoms with Crippen molar-refractivity contribution in [3.05, 3.63) is 48.3 Å². The second kappa shape index (κ2) is 7.04. The summed E-state index contributed by atoms with van der Waals surface area (Å²) in [5.41, 5.74) is 1.95. The number of nitrogens with one attached hydrogen (secondary N) is 1. The molecule has 1 aromatic carbocycles. The van der Waals surface area contributed by atoms with Crippen molar-refractivity contribution in [2.24, 2.45) is 5.92 Å². The standard InChI is InChI=1S/C16H21N3O2/c1-12(2)8-15(16(20)21)17-9-13-10-18-19(11-13)14-6-4-3-5-7-14/h3-7,10-12,15,17H,8-9H2,1-2H3,(H,20,21). The van der Waals surface area contributed by atoms with Crippen LogP contribution in [0.1, 0.15) is 25.8 Å². The van der Waals surface area contributed by atoms with E-state index in [2.05, 4.69) is 10.4 Å². The van der Waals surface area contributed by atoms with Crippen LogP contribution < -0.4 is 5.32 Å². The molecule has 2 rings (SSSR count). The zero-order chi connectivity index (χ0) is 15.2. The first-order valence-corrected chi connectivity index (χ1v) is 7.11. The third kappa shape index (κ3) is 4.43. The number of carbonyl (C=O) groups is 1. The molecule has 0 bridgehead atoms. The maximum absolute atomic E-state index is 11.2. The van der Waals surface area contributed by atoms with Gasteiger partial charge in [0.05, 0.1) is 11.9 Å². The molecule has 0 fully saturated rings. The van der Waals surface area contributed by atoms with Gasteiger partial charge >= 0.3 is 5.97 Å². The van der Waals surface area contributed by atoms with Crippen LogP contribution in [0, 0.1) is 5.92 Å². The fraction of sp³-hybridized carbons (Fsp3) is 0.375. The molecule has 0 saturated carbocycles. The van der Waals surface area contributed by atoms with Gasteiger partial charge in [-0.05, 0) is 24.5 Å². The number of para-hydroxylation sites is 1. The zero-order valence-corrected chi connectivity index (χ0v) is 12.4. The number of aliphatic carboxylic acids is 1. The molecule has 5 nitrogen and oxygen atoms in total. The number of aromatic nitrogens is 2. The Bertz CT molecular complexity index is 578. The Balaban J connectivity index is 1.98. The SMILES string of the molecule is CC(C)CC(NCc1cnn(-c2ccccc2)c1)C(=O)O. The quantitative estimate of drug-likeness (QED) is 0.821. The number of benzene rings is 1. The summed E-state index contributed by atoms with van der Waals surface area (Å²) >= 11 is 0.